The summed E-state index contributed by atoms with van der Waals surface area (Å²) in [6.45, 7) is -2.60. The summed E-state index contributed by atoms with van der Waals surface area (Å²) in [6.07, 6.45) is 0.364. The number of anilines is 1. The lowest BCUT2D eigenvalue weighted by atomic mass is 10.2. The zero-order valence-corrected chi connectivity index (χ0v) is 11.5. The molecule has 1 aromatic carbocycles. The van der Waals surface area contributed by atoms with Gasteiger partial charge in [-0.1, -0.05) is 11.6 Å². The van der Waals surface area contributed by atoms with Gasteiger partial charge in [0.1, 0.15) is 5.75 Å². The largest absolute Gasteiger partial charge is 0.433 e. The fraction of sp³-hybridized carbons (Fsp3) is 0.417. The Morgan fingerprint density at radius 2 is 2.20 bits per heavy atom. The number of amides is 1. The van der Waals surface area contributed by atoms with E-state index in [0.717, 1.165) is 0 Å². The number of carbonyl (C=O) groups excluding carboxylic acids is 1. The summed E-state index contributed by atoms with van der Waals surface area (Å²) in [5, 5.41) is 2.49. The maximum atomic E-state index is 12.1. The van der Waals surface area contributed by atoms with Crippen LogP contribution in [0.15, 0.2) is 18.2 Å². The number of hydrogen-bond donors (Lipinski definition) is 2. The van der Waals surface area contributed by atoms with E-state index < -0.39 is 18.6 Å². The smallest absolute Gasteiger partial charge is 0.387 e. The van der Waals surface area contributed by atoms with Crippen LogP contribution in [0, 0.1) is 0 Å². The van der Waals surface area contributed by atoms with Crippen LogP contribution < -0.4 is 15.8 Å². The summed E-state index contributed by atoms with van der Waals surface area (Å²) in [5.41, 5.74) is 5.98. The zero-order valence-electron chi connectivity index (χ0n) is 10.7. The molecule has 1 amide bonds. The quantitative estimate of drug-likeness (QED) is 0.810. The van der Waals surface area contributed by atoms with Crippen molar-refractivity contribution in [2.75, 3.05) is 19.0 Å². The van der Waals surface area contributed by atoms with Crippen LogP contribution in [0.25, 0.3) is 0 Å². The van der Waals surface area contributed by atoms with Crippen LogP contribution >= 0.6 is 11.6 Å². The topological polar surface area (TPSA) is 73.6 Å². The summed E-state index contributed by atoms with van der Waals surface area (Å²) in [7, 11) is 1.51. The number of nitrogens with two attached hydrogens (primary N) is 1. The summed E-state index contributed by atoms with van der Waals surface area (Å²) in [5.74, 6) is -0.580. The Hall–Kier alpha value is -1.44. The van der Waals surface area contributed by atoms with E-state index in [1.807, 2.05) is 0 Å². The molecule has 1 aromatic rings. The van der Waals surface area contributed by atoms with Crippen molar-refractivity contribution in [1.82, 2.24) is 0 Å². The molecule has 3 N–H and O–H groups in total. The molecule has 1 unspecified atom stereocenters. The van der Waals surface area contributed by atoms with Crippen molar-refractivity contribution in [3.05, 3.63) is 23.2 Å². The van der Waals surface area contributed by atoms with Crippen molar-refractivity contribution in [1.29, 1.82) is 0 Å². The molecule has 112 valence electrons. The molecule has 0 heterocycles. The highest BCUT2D eigenvalue weighted by atomic mass is 35.5. The van der Waals surface area contributed by atoms with Gasteiger partial charge in [-0.2, -0.15) is 8.78 Å². The normalized spacial score (nSPS) is 12.3. The number of carbonyl (C=O) groups is 1. The predicted octanol–water partition coefficient (Wildman–Crippen LogP) is 2.24. The second kappa shape index (κ2) is 7.98. The highest BCUT2D eigenvalue weighted by Crippen LogP contribution is 2.28. The number of nitrogens with one attached hydrogen (secondary N) is 1. The van der Waals surface area contributed by atoms with Crippen molar-refractivity contribution in [3.63, 3.8) is 0 Å². The van der Waals surface area contributed by atoms with Gasteiger partial charge in [0, 0.05) is 19.4 Å². The number of alkyl halides is 2. The molecular formula is C12H15ClF2N2O3. The molecule has 0 spiro atoms. The summed E-state index contributed by atoms with van der Waals surface area (Å²) < 4.78 is 33.1. The van der Waals surface area contributed by atoms with Crippen LogP contribution in [-0.4, -0.2) is 32.3 Å². The van der Waals surface area contributed by atoms with Gasteiger partial charge in [0.2, 0.25) is 5.91 Å². The van der Waals surface area contributed by atoms with Crippen molar-refractivity contribution >= 4 is 23.2 Å². The van der Waals surface area contributed by atoms with Gasteiger partial charge in [-0.15, -0.1) is 0 Å². The fourth-order valence-corrected chi connectivity index (χ4v) is 1.61. The number of rotatable bonds is 7. The molecule has 0 aliphatic heterocycles. The lowest BCUT2D eigenvalue weighted by molar-refractivity contribution is -0.117. The van der Waals surface area contributed by atoms with Gasteiger partial charge >= 0.3 is 6.61 Å². The molecular weight excluding hydrogens is 294 g/mol. The number of methoxy groups -OCH3 is 1. The van der Waals surface area contributed by atoms with E-state index in [-0.39, 0.29) is 10.8 Å². The highest BCUT2D eigenvalue weighted by molar-refractivity contribution is 6.32. The lowest BCUT2D eigenvalue weighted by Crippen LogP contribution is -2.36. The first-order valence-corrected chi connectivity index (χ1v) is 6.11. The van der Waals surface area contributed by atoms with Crippen molar-refractivity contribution < 1.29 is 23.0 Å². The first-order chi connectivity index (χ1) is 9.43. The Labute approximate surface area is 120 Å². The number of ether oxygens (including phenoxy) is 2. The average molecular weight is 309 g/mol. The van der Waals surface area contributed by atoms with E-state index in [2.05, 4.69) is 10.1 Å². The van der Waals surface area contributed by atoms with E-state index in [1.165, 1.54) is 25.3 Å². The first-order valence-electron chi connectivity index (χ1n) is 5.73. The van der Waals surface area contributed by atoms with Gasteiger partial charge < -0.3 is 20.5 Å². The Kier molecular flexibility index (Phi) is 6.63. The van der Waals surface area contributed by atoms with Gasteiger partial charge in [0.25, 0.3) is 0 Å². The predicted molar refractivity (Wildman–Crippen MR) is 71.2 cm³/mol. The third-order valence-electron chi connectivity index (χ3n) is 2.39. The molecule has 5 nitrogen and oxygen atoms in total. The second-order valence-electron chi connectivity index (χ2n) is 3.90. The Balaban J connectivity index is 2.64. The maximum absolute atomic E-state index is 12.1. The second-order valence-corrected chi connectivity index (χ2v) is 4.31. The molecule has 20 heavy (non-hydrogen) atoms. The van der Waals surface area contributed by atoms with Gasteiger partial charge in [-0.25, -0.2) is 0 Å². The van der Waals surface area contributed by atoms with Crippen molar-refractivity contribution in [3.8, 4) is 5.75 Å². The number of halogens is 3. The minimum absolute atomic E-state index is 0.0337. The molecule has 0 saturated carbocycles. The highest BCUT2D eigenvalue weighted by Gasteiger charge is 2.14. The number of benzene rings is 1. The van der Waals surface area contributed by atoms with Gasteiger partial charge in [-0.3, -0.25) is 4.79 Å². The van der Waals surface area contributed by atoms with E-state index in [0.29, 0.717) is 18.7 Å². The Morgan fingerprint density at radius 3 is 2.75 bits per heavy atom. The third-order valence-corrected chi connectivity index (χ3v) is 2.68. The molecule has 1 atom stereocenters. The van der Waals surface area contributed by atoms with Gasteiger partial charge in [0.15, 0.2) is 0 Å². The Bertz CT molecular complexity index is 460. The molecule has 0 aliphatic rings. The summed E-state index contributed by atoms with van der Waals surface area (Å²) in [4.78, 5) is 11.7. The van der Waals surface area contributed by atoms with Crippen LogP contribution in [0.4, 0.5) is 14.5 Å². The molecule has 0 aliphatic carbocycles. The average Bonchev–Trinajstić information content (AvgIpc) is 2.38. The van der Waals surface area contributed by atoms with E-state index in [1.54, 1.807) is 0 Å². The van der Waals surface area contributed by atoms with Crippen molar-refractivity contribution in [2.45, 2.75) is 19.1 Å². The molecule has 8 heteroatoms. The minimum Gasteiger partial charge on any atom is -0.433 e. The van der Waals surface area contributed by atoms with Crippen LogP contribution in [-0.2, 0) is 9.53 Å². The van der Waals surface area contributed by atoms with E-state index in [9.17, 15) is 13.6 Å². The standard InChI is InChI=1S/C12H15ClF2N2O3/c1-19-5-4-9(16)11(18)17-7-2-3-10(8(13)6-7)20-12(14)15/h2-3,6,9,12H,4-5,16H2,1H3,(H,17,18). The van der Waals surface area contributed by atoms with Crippen LogP contribution in [0.1, 0.15) is 6.42 Å². The summed E-state index contributed by atoms with van der Waals surface area (Å²) >= 11 is 5.76. The van der Waals surface area contributed by atoms with Crippen LogP contribution in [0.2, 0.25) is 5.02 Å². The van der Waals surface area contributed by atoms with E-state index >= 15 is 0 Å². The monoisotopic (exact) mass is 308 g/mol. The van der Waals surface area contributed by atoms with E-state index in [4.69, 9.17) is 22.1 Å². The van der Waals surface area contributed by atoms with Crippen molar-refractivity contribution in [2.24, 2.45) is 5.73 Å². The molecule has 1 rings (SSSR count). The SMILES string of the molecule is COCCC(N)C(=O)Nc1ccc(OC(F)F)c(Cl)c1. The Morgan fingerprint density at radius 1 is 1.50 bits per heavy atom. The maximum Gasteiger partial charge on any atom is 0.387 e. The molecule has 0 aromatic heterocycles. The zero-order chi connectivity index (χ0) is 15.1. The molecule has 0 fully saturated rings. The first kappa shape index (κ1) is 16.6. The number of hydrogen-bond acceptors (Lipinski definition) is 4. The molecule has 0 saturated heterocycles. The molecule has 0 bridgehead atoms. The third kappa shape index (κ3) is 5.28. The van der Waals surface area contributed by atoms with Crippen LogP contribution in [0.5, 0.6) is 5.75 Å². The summed E-state index contributed by atoms with van der Waals surface area (Å²) in [6, 6.07) is 3.21. The van der Waals surface area contributed by atoms with Gasteiger partial charge in [0.05, 0.1) is 11.1 Å². The molecule has 0 radical (unpaired) electrons. The van der Waals surface area contributed by atoms with Gasteiger partial charge in [-0.05, 0) is 24.6 Å². The van der Waals surface area contributed by atoms with Crippen LogP contribution in [0.3, 0.4) is 0 Å². The lowest BCUT2D eigenvalue weighted by Gasteiger charge is -2.13. The minimum atomic E-state index is -2.96. The fourth-order valence-electron chi connectivity index (χ4n) is 1.38.